The normalized spacial score (nSPS) is 20.5. The molecule has 2 aliphatic rings. The molecule has 2 aliphatic heterocycles. The molecule has 152 valence electrons. The molecule has 2 saturated heterocycles. The van der Waals surface area contributed by atoms with Crippen LogP contribution < -0.4 is 10.2 Å². The van der Waals surface area contributed by atoms with Gasteiger partial charge in [0.25, 0.3) is 0 Å². The van der Waals surface area contributed by atoms with Gasteiger partial charge in [0, 0.05) is 59.1 Å². The summed E-state index contributed by atoms with van der Waals surface area (Å²) in [6.07, 6.45) is 3.15. The van der Waals surface area contributed by atoms with Crippen molar-refractivity contribution in [3.63, 3.8) is 0 Å². The minimum Gasteiger partial charge on any atom is -0.354 e. The first-order valence-electron chi connectivity index (χ1n) is 9.88. The van der Waals surface area contributed by atoms with Crippen LogP contribution in [0.25, 0.3) is 0 Å². The molecule has 3 rings (SSSR count). The number of aliphatic imine (C=N–C) groups is 1. The number of halogens is 1. The minimum atomic E-state index is 0. The van der Waals surface area contributed by atoms with E-state index in [0.717, 1.165) is 64.1 Å². The van der Waals surface area contributed by atoms with Gasteiger partial charge in [0.15, 0.2) is 5.96 Å². The maximum Gasteiger partial charge on any atom is 0.193 e. The predicted octanol–water partition coefficient (Wildman–Crippen LogP) is 2.65. The Kier molecular flexibility index (Phi) is 8.15. The highest BCUT2D eigenvalue weighted by Crippen LogP contribution is 2.28. The standard InChI is InChI=1S/C20H34N6.HI/c1-5-24-10-12-25(13-11-24)18-14-17(6-8-22-18)15-23-19(21-4)26-9-7-20(2,3)16-26;/h6,8,14H,5,7,9-13,15-16H2,1-4H3,(H,21,23);1H. The van der Waals surface area contributed by atoms with E-state index in [4.69, 9.17) is 0 Å². The van der Waals surface area contributed by atoms with Crippen LogP contribution in [0.2, 0.25) is 0 Å². The van der Waals surface area contributed by atoms with E-state index in [1.54, 1.807) is 0 Å². The molecule has 0 spiro atoms. The minimum absolute atomic E-state index is 0. The number of hydrogen-bond donors (Lipinski definition) is 1. The monoisotopic (exact) mass is 486 g/mol. The number of rotatable bonds is 4. The lowest BCUT2D eigenvalue weighted by atomic mass is 9.93. The Labute approximate surface area is 181 Å². The van der Waals surface area contributed by atoms with E-state index in [-0.39, 0.29) is 24.0 Å². The van der Waals surface area contributed by atoms with E-state index in [9.17, 15) is 0 Å². The molecule has 0 saturated carbocycles. The molecular weight excluding hydrogens is 451 g/mol. The van der Waals surface area contributed by atoms with Crippen molar-refractivity contribution in [1.82, 2.24) is 20.1 Å². The van der Waals surface area contributed by atoms with Crippen LogP contribution in [0, 0.1) is 5.41 Å². The molecule has 0 aliphatic carbocycles. The Morgan fingerprint density at radius 2 is 1.96 bits per heavy atom. The second-order valence-corrected chi connectivity index (χ2v) is 8.18. The number of nitrogens with one attached hydrogen (secondary N) is 1. The topological polar surface area (TPSA) is 47.0 Å². The fourth-order valence-electron chi connectivity index (χ4n) is 3.84. The van der Waals surface area contributed by atoms with Crippen LogP contribution in [0.1, 0.15) is 32.8 Å². The number of likely N-dealkylation sites (N-methyl/N-ethyl adjacent to an activating group) is 1. The zero-order chi connectivity index (χ0) is 18.6. The second kappa shape index (κ2) is 9.91. The molecule has 27 heavy (non-hydrogen) atoms. The summed E-state index contributed by atoms with van der Waals surface area (Å²) >= 11 is 0. The molecule has 0 aromatic carbocycles. The summed E-state index contributed by atoms with van der Waals surface area (Å²) in [6, 6.07) is 4.32. The van der Waals surface area contributed by atoms with Gasteiger partial charge in [-0.1, -0.05) is 20.8 Å². The summed E-state index contributed by atoms with van der Waals surface area (Å²) in [4.78, 5) is 16.3. The number of likely N-dealkylation sites (tertiary alicyclic amines) is 1. The third-order valence-corrected chi connectivity index (χ3v) is 5.59. The van der Waals surface area contributed by atoms with Gasteiger partial charge >= 0.3 is 0 Å². The van der Waals surface area contributed by atoms with Gasteiger partial charge in [0.2, 0.25) is 0 Å². The number of nitrogens with zero attached hydrogens (tertiary/aromatic N) is 5. The lowest BCUT2D eigenvalue weighted by Crippen LogP contribution is -2.46. The van der Waals surface area contributed by atoms with Crippen LogP contribution in [-0.4, -0.2) is 73.6 Å². The van der Waals surface area contributed by atoms with E-state index >= 15 is 0 Å². The van der Waals surface area contributed by atoms with Gasteiger partial charge in [-0.05, 0) is 36.1 Å². The van der Waals surface area contributed by atoms with Crippen LogP contribution in [0.3, 0.4) is 0 Å². The van der Waals surface area contributed by atoms with Crippen molar-refractivity contribution in [2.45, 2.75) is 33.7 Å². The highest BCUT2D eigenvalue weighted by molar-refractivity contribution is 14.0. The van der Waals surface area contributed by atoms with E-state index in [2.05, 4.69) is 62.9 Å². The fourth-order valence-corrected chi connectivity index (χ4v) is 3.84. The fraction of sp³-hybridized carbons (Fsp3) is 0.700. The molecular formula is C20H35IN6. The highest BCUT2D eigenvalue weighted by atomic mass is 127. The first kappa shape index (κ1) is 22.2. The van der Waals surface area contributed by atoms with Crippen molar-refractivity contribution < 1.29 is 0 Å². The number of pyridine rings is 1. The van der Waals surface area contributed by atoms with Crippen molar-refractivity contribution in [2.75, 3.05) is 57.8 Å². The Balaban J connectivity index is 0.00000261. The van der Waals surface area contributed by atoms with Gasteiger partial charge in [-0.3, -0.25) is 4.99 Å². The van der Waals surface area contributed by atoms with E-state index in [1.165, 1.54) is 12.0 Å². The number of hydrogen-bond acceptors (Lipinski definition) is 4. The first-order chi connectivity index (χ1) is 12.5. The molecule has 0 amide bonds. The van der Waals surface area contributed by atoms with Crippen LogP contribution >= 0.6 is 24.0 Å². The molecule has 0 radical (unpaired) electrons. The summed E-state index contributed by atoms with van der Waals surface area (Å²) in [6.45, 7) is 15.3. The molecule has 0 unspecified atom stereocenters. The molecule has 7 heteroatoms. The van der Waals surface area contributed by atoms with Crippen molar-refractivity contribution in [1.29, 1.82) is 0 Å². The van der Waals surface area contributed by atoms with E-state index in [1.807, 2.05) is 13.2 Å². The Bertz CT molecular complexity index is 625. The van der Waals surface area contributed by atoms with Gasteiger partial charge in [-0.25, -0.2) is 4.98 Å². The van der Waals surface area contributed by atoms with Crippen LogP contribution in [0.15, 0.2) is 23.3 Å². The van der Waals surface area contributed by atoms with Crippen LogP contribution in [0.4, 0.5) is 5.82 Å². The number of anilines is 1. The third-order valence-electron chi connectivity index (χ3n) is 5.59. The summed E-state index contributed by atoms with van der Waals surface area (Å²) in [5, 5.41) is 3.53. The van der Waals surface area contributed by atoms with Crippen molar-refractivity contribution in [3.8, 4) is 0 Å². The van der Waals surface area contributed by atoms with E-state index < -0.39 is 0 Å². The molecule has 2 fully saturated rings. The quantitative estimate of drug-likeness (QED) is 0.403. The zero-order valence-electron chi connectivity index (χ0n) is 17.2. The Hall–Kier alpha value is -1.09. The molecule has 0 bridgehead atoms. The van der Waals surface area contributed by atoms with Gasteiger partial charge < -0.3 is 20.0 Å². The van der Waals surface area contributed by atoms with Crippen molar-refractivity contribution >= 4 is 35.8 Å². The van der Waals surface area contributed by atoms with Gasteiger partial charge in [0.05, 0.1) is 0 Å². The number of piperazine rings is 1. The smallest absolute Gasteiger partial charge is 0.193 e. The predicted molar refractivity (Wildman–Crippen MR) is 124 cm³/mol. The van der Waals surface area contributed by atoms with Gasteiger partial charge in [-0.15, -0.1) is 24.0 Å². The Morgan fingerprint density at radius 3 is 2.56 bits per heavy atom. The third kappa shape index (κ3) is 5.94. The molecule has 1 N–H and O–H groups in total. The SMILES string of the molecule is CCN1CCN(c2cc(CNC(=NC)N3CCC(C)(C)C3)ccn2)CC1.I. The summed E-state index contributed by atoms with van der Waals surface area (Å²) in [5.41, 5.74) is 1.63. The van der Waals surface area contributed by atoms with Gasteiger partial charge in [-0.2, -0.15) is 0 Å². The summed E-state index contributed by atoms with van der Waals surface area (Å²) in [5.74, 6) is 2.10. The number of guanidine groups is 1. The molecule has 6 nitrogen and oxygen atoms in total. The maximum absolute atomic E-state index is 4.60. The van der Waals surface area contributed by atoms with Crippen molar-refractivity contribution in [3.05, 3.63) is 23.9 Å². The van der Waals surface area contributed by atoms with E-state index in [0.29, 0.717) is 5.41 Å². The zero-order valence-corrected chi connectivity index (χ0v) is 19.6. The lowest BCUT2D eigenvalue weighted by molar-refractivity contribution is 0.270. The molecule has 1 aromatic rings. The summed E-state index contributed by atoms with van der Waals surface area (Å²) < 4.78 is 0. The Morgan fingerprint density at radius 1 is 1.22 bits per heavy atom. The first-order valence-corrected chi connectivity index (χ1v) is 9.88. The molecule has 0 atom stereocenters. The molecule has 1 aromatic heterocycles. The largest absolute Gasteiger partial charge is 0.354 e. The highest BCUT2D eigenvalue weighted by Gasteiger charge is 2.30. The van der Waals surface area contributed by atoms with Crippen LogP contribution in [0.5, 0.6) is 0 Å². The second-order valence-electron chi connectivity index (χ2n) is 8.18. The maximum atomic E-state index is 4.60. The number of aromatic nitrogens is 1. The lowest BCUT2D eigenvalue weighted by Gasteiger charge is -2.34. The van der Waals surface area contributed by atoms with Crippen LogP contribution in [-0.2, 0) is 6.54 Å². The molecule has 3 heterocycles. The average Bonchev–Trinajstić information content (AvgIpc) is 3.02. The summed E-state index contributed by atoms with van der Waals surface area (Å²) in [7, 11) is 1.87. The average molecular weight is 486 g/mol. The van der Waals surface area contributed by atoms with Gasteiger partial charge in [0.1, 0.15) is 5.82 Å². The van der Waals surface area contributed by atoms with Crippen molar-refractivity contribution in [2.24, 2.45) is 10.4 Å².